The predicted molar refractivity (Wildman–Crippen MR) is 308 cm³/mol. The Kier molecular flexibility index (Phi) is 21.4. The first kappa shape index (κ1) is 59.6. The molecule has 4 aromatic rings. The molecule has 0 unspecified atom stereocenters. The number of hydrogen-bond acceptors (Lipinski definition) is 8. The summed E-state index contributed by atoms with van der Waals surface area (Å²) in [5.74, 6) is -1.79. The molecule has 0 bridgehead atoms. The molecular weight excluding hydrogens is 1010 g/mol. The summed E-state index contributed by atoms with van der Waals surface area (Å²) in [5, 5.41) is 12.0. The number of carbonyl (C=O) groups is 6. The molecule has 2 aliphatic heterocycles. The van der Waals surface area contributed by atoms with E-state index in [0.29, 0.717) is 37.1 Å². The Morgan fingerprint density at radius 1 is 0.512 bits per heavy atom. The third kappa shape index (κ3) is 15.5. The lowest BCUT2D eigenvalue weighted by Gasteiger charge is -2.36. The van der Waals surface area contributed by atoms with E-state index in [1.165, 1.54) is 0 Å². The van der Waals surface area contributed by atoms with Crippen LogP contribution >= 0.6 is 0 Å². The van der Waals surface area contributed by atoms with Gasteiger partial charge >= 0.3 is 0 Å². The Labute approximate surface area is 472 Å². The summed E-state index contributed by atoms with van der Waals surface area (Å²) < 4.78 is 31.2. The molecule has 2 aliphatic carbocycles. The second kappa shape index (κ2) is 28.8. The van der Waals surface area contributed by atoms with Crippen molar-refractivity contribution < 1.29 is 37.5 Å². The van der Waals surface area contributed by atoms with Crippen molar-refractivity contribution in [3.63, 3.8) is 0 Å². The van der Waals surface area contributed by atoms with Gasteiger partial charge in [0, 0.05) is 50.1 Å². The Bertz CT molecular complexity index is 2490. The summed E-state index contributed by atoms with van der Waals surface area (Å²) in [7, 11) is 3.39. The molecule has 8 atom stereocenters. The van der Waals surface area contributed by atoms with E-state index in [1.807, 2.05) is 84.9 Å². The van der Waals surface area contributed by atoms with Gasteiger partial charge in [0.1, 0.15) is 24.4 Å². The van der Waals surface area contributed by atoms with Gasteiger partial charge in [0.05, 0.1) is 37.3 Å². The lowest BCUT2D eigenvalue weighted by atomic mass is 9.83. The van der Waals surface area contributed by atoms with Gasteiger partial charge in [-0.3, -0.25) is 28.8 Å². The van der Waals surface area contributed by atoms with E-state index >= 15 is 8.78 Å². The van der Waals surface area contributed by atoms with Crippen LogP contribution in [0.25, 0.3) is 11.1 Å². The minimum Gasteiger partial charge on any atom is -0.343 e. The number of benzene rings is 4. The van der Waals surface area contributed by atoms with Crippen molar-refractivity contribution in [2.24, 2.45) is 11.8 Å². The van der Waals surface area contributed by atoms with Gasteiger partial charge in [0.15, 0.2) is 0 Å². The maximum atomic E-state index is 15.6. The average molecular weight is 1100 g/mol. The van der Waals surface area contributed by atoms with Crippen molar-refractivity contribution in [2.45, 2.75) is 152 Å². The third-order valence-electron chi connectivity index (χ3n) is 17.4. The molecule has 0 aromatic heterocycles. The van der Waals surface area contributed by atoms with Gasteiger partial charge in [-0.05, 0) is 125 Å². The van der Waals surface area contributed by atoms with Gasteiger partial charge in [-0.2, -0.15) is 0 Å². The number of nitrogens with one attached hydrogen (secondary N) is 4. The van der Waals surface area contributed by atoms with E-state index < -0.39 is 48.6 Å². The molecule has 4 fully saturated rings. The normalized spacial score (nSPS) is 21.3. The molecule has 2 saturated carbocycles. The van der Waals surface area contributed by atoms with E-state index in [-0.39, 0.29) is 86.3 Å². The van der Waals surface area contributed by atoms with Crippen LogP contribution in [-0.2, 0) is 32.0 Å². The molecule has 430 valence electrons. The number of rotatable bonds is 23. The molecule has 14 nitrogen and oxygen atoms in total. The summed E-state index contributed by atoms with van der Waals surface area (Å²) in [6.45, 7) is 4.18. The molecular formula is C64H84F2N8O6. The van der Waals surface area contributed by atoms with Crippen LogP contribution in [-0.4, -0.2) is 157 Å². The zero-order valence-electron chi connectivity index (χ0n) is 47.3. The first-order chi connectivity index (χ1) is 38.7. The van der Waals surface area contributed by atoms with Crippen LogP contribution in [0, 0.1) is 11.8 Å². The standard InChI is InChI=1S/C64H84F2N8O6/c1-43(67-3)59(75)69-57(49-21-13-7-14-22-49)63(79)73-39-53(65)37-55(73)41-71(35-33-45-17-9-5-10-18-45)61(77)51-29-25-47(26-30-51)48-27-31-52(32-28-48)62(78)72(36-34-46-19-11-6-12-20-46)42-56-38-54(66)40-74(56)64(80)58(50-23-15-8-16-24-50)70-60(76)44(2)68-4/h5-6,9-12,17-20,25-32,43-44,49-50,53-58,67-68H,7-8,13-16,21-24,33-42H2,1-4H3,(H,69,75)(H,70,76)/t43-,44-,53+,54+,55-,56+,57-,58-/m0/s1. The fourth-order valence-electron chi connectivity index (χ4n) is 12.3. The van der Waals surface area contributed by atoms with Crippen LogP contribution in [0.5, 0.6) is 0 Å². The Balaban J connectivity index is 0.986. The SMILES string of the molecule is CN[C@@H](C)C(=O)N[C@H](C(=O)N1C[C@H](F)C[C@@H]1CN(CCc1ccccc1)C(=O)c1ccc(-c2ccc(C(=O)N(CCc3ccccc3)C[C@@H]3C[C@@H](F)CN3C(=O)[C@@H](NC(=O)[C@H](C)NC)C3CCCCC3)cc2)cc1)C1CCCCC1. The molecule has 2 heterocycles. The Morgan fingerprint density at radius 2 is 0.863 bits per heavy atom. The Morgan fingerprint density at radius 3 is 1.20 bits per heavy atom. The summed E-state index contributed by atoms with van der Waals surface area (Å²) in [4.78, 5) is 91.6. The van der Waals surface area contributed by atoms with Crippen molar-refractivity contribution >= 4 is 35.4 Å². The van der Waals surface area contributed by atoms with E-state index in [0.717, 1.165) is 86.5 Å². The van der Waals surface area contributed by atoms with Crippen molar-refractivity contribution in [1.82, 2.24) is 40.9 Å². The second-order valence-electron chi connectivity index (χ2n) is 22.9. The number of likely N-dealkylation sites (N-methyl/N-ethyl adjacent to an activating group) is 2. The van der Waals surface area contributed by atoms with E-state index in [2.05, 4.69) is 21.3 Å². The molecule has 0 spiro atoms. The van der Waals surface area contributed by atoms with E-state index in [9.17, 15) is 28.8 Å². The highest BCUT2D eigenvalue weighted by Gasteiger charge is 2.44. The molecule has 6 amide bonds. The fraction of sp³-hybridized carbons (Fsp3) is 0.531. The molecule has 8 rings (SSSR count). The van der Waals surface area contributed by atoms with Gasteiger partial charge in [0.25, 0.3) is 11.8 Å². The number of halogens is 2. The van der Waals surface area contributed by atoms with Gasteiger partial charge < -0.3 is 40.9 Å². The minimum atomic E-state index is -1.28. The van der Waals surface area contributed by atoms with Crippen LogP contribution in [0.2, 0.25) is 0 Å². The zero-order chi connectivity index (χ0) is 56.7. The van der Waals surface area contributed by atoms with E-state index in [4.69, 9.17) is 0 Å². The maximum Gasteiger partial charge on any atom is 0.253 e. The smallest absolute Gasteiger partial charge is 0.253 e. The van der Waals surface area contributed by atoms with Gasteiger partial charge in [-0.15, -0.1) is 0 Å². The zero-order valence-corrected chi connectivity index (χ0v) is 47.3. The first-order valence-corrected chi connectivity index (χ1v) is 29.4. The van der Waals surface area contributed by atoms with Crippen molar-refractivity contribution in [2.75, 3.05) is 53.4 Å². The largest absolute Gasteiger partial charge is 0.343 e. The Hall–Kier alpha value is -6.52. The second-order valence-corrected chi connectivity index (χ2v) is 22.9. The number of likely N-dealkylation sites (tertiary alicyclic amines) is 2. The van der Waals surface area contributed by atoms with Crippen molar-refractivity contribution in [3.05, 3.63) is 131 Å². The first-order valence-electron chi connectivity index (χ1n) is 29.4. The number of alkyl halides is 2. The van der Waals surface area contributed by atoms with E-state index in [1.54, 1.807) is 71.8 Å². The monoisotopic (exact) mass is 1100 g/mol. The predicted octanol–water partition coefficient (Wildman–Crippen LogP) is 7.95. The lowest BCUT2D eigenvalue weighted by molar-refractivity contribution is -0.140. The molecule has 16 heteroatoms. The van der Waals surface area contributed by atoms with Crippen LogP contribution in [0.1, 0.15) is 123 Å². The number of nitrogens with zero attached hydrogens (tertiary/aromatic N) is 4. The van der Waals surface area contributed by atoms with Gasteiger partial charge in [0.2, 0.25) is 23.6 Å². The lowest BCUT2D eigenvalue weighted by Crippen LogP contribution is -2.57. The summed E-state index contributed by atoms with van der Waals surface area (Å²) in [6.07, 6.45) is 7.86. The average Bonchev–Trinajstić information content (AvgIpc) is 4.07. The highest BCUT2D eigenvalue weighted by atomic mass is 19.1. The molecule has 2 saturated heterocycles. The van der Waals surface area contributed by atoms with Crippen LogP contribution < -0.4 is 21.3 Å². The number of carbonyl (C=O) groups excluding carboxylic acids is 6. The van der Waals surface area contributed by atoms with Crippen LogP contribution in [0.4, 0.5) is 8.78 Å². The minimum absolute atomic E-state index is 0.0628. The third-order valence-corrected chi connectivity index (χ3v) is 17.4. The number of amides is 6. The summed E-state index contributed by atoms with van der Waals surface area (Å²) in [5.41, 5.74) is 4.55. The van der Waals surface area contributed by atoms with Crippen LogP contribution in [0.15, 0.2) is 109 Å². The number of hydrogen-bond donors (Lipinski definition) is 4. The fourth-order valence-corrected chi connectivity index (χ4v) is 12.3. The molecule has 0 radical (unpaired) electrons. The molecule has 4 N–H and O–H groups in total. The quantitative estimate of drug-likeness (QED) is 0.0582. The van der Waals surface area contributed by atoms with Gasteiger partial charge in [-0.25, -0.2) is 8.78 Å². The van der Waals surface area contributed by atoms with Gasteiger partial charge in [-0.1, -0.05) is 123 Å². The maximum absolute atomic E-state index is 15.6. The highest BCUT2D eigenvalue weighted by Crippen LogP contribution is 2.33. The van der Waals surface area contributed by atoms with Crippen molar-refractivity contribution in [1.29, 1.82) is 0 Å². The summed E-state index contributed by atoms with van der Waals surface area (Å²) in [6, 6.07) is 30.4. The molecule has 4 aliphatic rings. The molecule has 4 aromatic carbocycles. The highest BCUT2D eigenvalue weighted by molar-refractivity contribution is 5.96. The molecule has 80 heavy (non-hydrogen) atoms. The van der Waals surface area contributed by atoms with Crippen LogP contribution in [0.3, 0.4) is 0 Å². The van der Waals surface area contributed by atoms with Crippen molar-refractivity contribution in [3.8, 4) is 11.1 Å². The summed E-state index contributed by atoms with van der Waals surface area (Å²) >= 11 is 0. The topological polar surface area (TPSA) is 163 Å².